The molecule has 0 bridgehead atoms. The van der Waals surface area contributed by atoms with Crippen LogP contribution in [-0.4, -0.2) is 35.6 Å². The fourth-order valence-corrected chi connectivity index (χ4v) is 5.67. The van der Waals surface area contributed by atoms with Crippen LogP contribution in [0, 0.1) is 17.2 Å². The Bertz CT molecular complexity index is 1300. The lowest BCUT2D eigenvalue weighted by atomic mass is 10.00. The lowest BCUT2D eigenvalue weighted by Crippen LogP contribution is -2.25. The summed E-state index contributed by atoms with van der Waals surface area (Å²) >= 11 is 0. The molecule has 1 fully saturated rings. The molecule has 0 spiro atoms. The smallest absolute Gasteiger partial charge is 0.404 e. The average molecular weight is 454 g/mol. The van der Waals surface area contributed by atoms with Gasteiger partial charge in [-0.25, -0.2) is 22.2 Å². The second-order valence-electron chi connectivity index (χ2n) is 7.78. The lowest BCUT2D eigenvalue weighted by Gasteiger charge is -2.21. The highest BCUT2D eigenvalue weighted by Gasteiger charge is 2.36. The number of hydrogen-bond acceptors (Lipinski definition) is 7. The van der Waals surface area contributed by atoms with E-state index in [0.717, 1.165) is 10.4 Å². The van der Waals surface area contributed by atoms with Gasteiger partial charge in [-0.2, -0.15) is 5.26 Å². The summed E-state index contributed by atoms with van der Waals surface area (Å²) < 4.78 is 32.6. The molecule has 32 heavy (non-hydrogen) atoms. The van der Waals surface area contributed by atoms with Crippen LogP contribution in [0.2, 0.25) is 0 Å². The monoisotopic (exact) mass is 453 g/mol. The number of benzene rings is 1. The quantitative estimate of drug-likeness (QED) is 0.584. The number of carbonyl (C=O) groups excluding carboxylic acids is 1. The number of nitrogens with two attached hydrogens (primary N) is 1. The van der Waals surface area contributed by atoms with E-state index >= 15 is 0 Å². The fourth-order valence-electron chi connectivity index (χ4n) is 4.35. The number of rotatable bonds is 6. The van der Waals surface area contributed by atoms with E-state index in [1.165, 1.54) is 24.5 Å². The summed E-state index contributed by atoms with van der Waals surface area (Å²) in [6.07, 6.45) is 3.75. The molecule has 4 rings (SSSR count). The van der Waals surface area contributed by atoms with Crippen molar-refractivity contribution in [1.29, 1.82) is 5.26 Å². The average Bonchev–Trinajstić information content (AvgIpc) is 3.38. The van der Waals surface area contributed by atoms with Crippen LogP contribution in [0.15, 0.2) is 53.7 Å². The number of nitriles is 1. The Morgan fingerprint density at radius 1 is 1.31 bits per heavy atom. The SMILES string of the molecule is CC[C@@H]1CC(OC(N)=O)C[C@@H]1Nc1c(C#N)cnc2c1ccn2S(=O)(=O)c1ccccc1. The number of anilines is 1. The molecule has 10 heteroatoms. The highest BCUT2D eigenvalue weighted by Crippen LogP contribution is 2.36. The molecule has 1 amide bonds. The van der Waals surface area contributed by atoms with Gasteiger partial charge in [0, 0.05) is 30.2 Å². The summed E-state index contributed by atoms with van der Waals surface area (Å²) in [5.41, 5.74) is 6.23. The topological polar surface area (TPSA) is 140 Å². The van der Waals surface area contributed by atoms with Crippen molar-refractivity contribution in [3.05, 3.63) is 54.4 Å². The molecule has 1 aromatic carbocycles. The van der Waals surface area contributed by atoms with Gasteiger partial charge >= 0.3 is 6.09 Å². The Labute approximate surface area is 185 Å². The summed E-state index contributed by atoms with van der Waals surface area (Å²) in [6.45, 7) is 2.04. The third kappa shape index (κ3) is 3.87. The summed E-state index contributed by atoms with van der Waals surface area (Å²) in [4.78, 5) is 15.6. The van der Waals surface area contributed by atoms with E-state index < -0.39 is 16.1 Å². The third-order valence-electron chi connectivity index (χ3n) is 5.89. The normalized spacial score (nSPS) is 20.7. The number of primary amides is 1. The van der Waals surface area contributed by atoms with E-state index in [2.05, 4.69) is 16.4 Å². The molecule has 2 aromatic heterocycles. The molecule has 2 heterocycles. The first-order valence-electron chi connectivity index (χ1n) is 10.3. The van der Waals surface area contributed by atoms with Crippen LogP contribution in [0.5, 0.6) is 0 Å². The van der Waals surface area contributed by atoms with Gasteiger partial charge < -0.3 is 15.8 Å². The zero-order valence-electron chi connectivity index (χ0n) is 17.4. The number of fused-ring (bicyclic) bond motifs is 1. The van der Waals surface area contributed by atoms with Crippen LogP contribution < -0.4 is 11.1 Å². The van der Waals surface area contributed by atoms with E-state index in [1.54, 1.807) is 24.3 Å². The van der Waals surface area contributed by atoms with Crippen molar-refractivity contribution in [3.63, 3.8) is 0 Å². The zero-order valence-corrected chi connectivity index (χ0v) is 18.2. The Balaban J connectivity index is 1.74. The molecule has 0 radical (unpaired) electrons. The first-order valence-corrected chi connectivity index (χ1v) is 11.7. The number of aromatic nitrogens is 2. The molecule has 9 nitrogen and oxygen atoms in total. The molecule has 0 saturated heterocycles. The van der Waals surface area contributed by atoms with E-state index in [9.17, 15) is 18.5 Å². The number of pyridine rings is 1. The predicted molar refractivity (Wildman–Crippen MR) is 118 cm³/mol. The van der Waals surface area contributed by atoms with Gasteiger partial charge in [-0.3, -0.25) is 0 Å². The van der Waals surface area contributed by atoms with Crippen molar-refractivity contribution in [3.8, 4) is 6.07 Å². The van der Waals surface area contributed by atoms with Gasteiger partial charge in [-0.05, 0) is 30.5 Å². The minimum atomic E-state index is -3.85. The molecule has 1 aliphatic carbocycles. The molecule has 3 atom stereocenters. The van der Waals surface area contributed by atoms with Crippen LogP contribution in [-0.2, 0) is 14.8 Å². The number of carbonyl (C=O) groups is 1. The predicted octanol–water partition coefficient (Wildman–Crippen LogP) is 3.21. The fraction of sp³-hybridized carbons (Fsp3) is 0.318. The Morgan fingerprint density at radius 2 is 2.06 bits per heavy atom. The highest BCUT2D eigenvalue weighted by atomic mass is 32.2. The number of nitrogens with one attached hydrogen (secondary N) is 1. The maximum atomic E-state index is 13.1. The minimum absolute atomic E-state index is 0.0730. The molecule has 3 N–H and O–H groups in total. The van der Waals surface area contributed by atoms with Crippen molar-refractivity contribution in [2.75, 3.05) is 5.32 Å². The number of amides is 1. The van der Waals surface area contributed by atoms with Crippen molar-refractivity contribution in [1.82, 2.24) is 8.96 Å². The molecule has 1 unspecified atom stereocenters. The van der Waals surface area contributed by atoms with Crippen LogP contribution in [0.1, 0.15) is 31.7 Å². The van der Waals surface area contributed by atoms with Crippen LogP contribution in [0.3, 0.4) is 0 Å². The second kappa shape index (κ2) is 8.51. The Morgan fingerprint density at radius 3 is 2.72 bits per heavy atom. The molecule has 1 aliphatic rings. The van der Waals surface area contributed by atoms with Crippen molar-refractivity contribution in [2.45, 2.75) is 43.2 Å². The van der Waals surface area contributed by atoms with E-state index in [4.69, 9.17) is 10.5 Å². The van der Waals surface area contributed by atoms with E-state index in [0.29, 0.717) is 29.5 Å². The maximum Gasteiger partial charge on any atom is 0.404 e. The summed E-state index contributed by atoms with van der Waals surface area (Å²) in [5.74, 6) is 0.198. The first-order chi connectivity index (χ1) is 15.3. The number of ether oxygens (including phenoxy) is 1. The first kappa shape index (κ1) is 21.6. The number of nitrogens with zero attached hydrogens (tertiary/aromatic N) is 3. The molecular formula is C22H23N5O4S. The minimum Gasteiger partial charge on any atom is -0.446 e. The van der Waals surface area contributed by atoms with E-state index in [-0.39, 0.29) is 28.6 Å². The van der Waals surface area contributed by atoms with Crippen molar-refractivity contribution in [2.24, 2.45) is 11.7 Å². The van der Waals surface area contributed by atoms with E-state index in [1.807, 2.05) is 6.92 Å². The third-order valence-corrected chi connectivity index (χ3v) is 7.57. The van der Waals surface area contributed by atoms with Gasteiger partial charge in [0.15, 0.2) is 5.65 Å². The standard InChI is InChI=1S/C22H23N5O4S/c1-2-14-10-16(31-22(24)28)11-19(14)26-20-15(12-23)13-25-21-18(20)8-9-27(21)32(29,30)17-6-4-3-5-7-17/h3-9,13-14,16,19H,2,10-11H2,1H3,(H2,24,28)(H,25,26)/t14-,16?,19+/m1/s1. The largest absolute Gasteiger partial charge is 0.446 e. The summed E-state index contributed by atoms with van der Waals surface area (Å²) in [7, 11) is -3.85. The Hall–Kier alpha value is -3.58. The van der Waals surface area contributed by atoms with Gasteiger partial charge in [0.05, 0.1) is 16.1 Å². The van der Waals surface area contributed by atoms with Crippen LogP contribution >= 0.6 is 0 Å². The van der Waals surface area contributed by atoms with Crippen molar-refractivity contribution < 1.29 is 17.9 Å². The maximum absolute atomic E-state index is 13.1. The van der Waals surface area contributed by atoms with Gasteiger partial charge in [0.1, 0.15) is 12.2 Å². The molecule has 166 valence electrons. The van der Waals surface area contributed by atoms with Crippen molar-refractivity contribution >= 4 is 32.8 Å². The van der Waals surface area contributed by atoms with Gasteiger partial charge in [0.2, 0.25) is 0 Å². The molecular weight excluding hydrogens is 430 g/mol. The summed E-state index contributed by atoms with van der Waals surface area (Å²) in [5, 5.41) is 13.6. The second-order valence-corrected chi connectivity index (χ2v) is 9.59. The van der Waals surface area contributed by atoms with Gasteiger partial charge in [0.25, 0.3) is 10.0 Å². The lowest BCUT2D eigenvalue weighted by molar-refractivity contribution is 0.107. The molecule has 3 aromatic rings. The number of hydrogen-bond donors (Lipinski definition) is 2. The van der Waals surface area contributed by atoms with Crippen LogP contribution in [0.25, 0.3) is 11.0 Å². The van der Waals surface area contributed by atoms with Gasteiger partial charge in [-0.15, -0.1) is 0 Å². The summed E-state index contributed by atoms with van der Waals surface area (Å²) in [6, 6.07) is 11.8. The highest BCUT2D eigenvalue weighted by molar-refractivity contribution is 7.90. The Kier molecular flexibility index (Phi) is 5.76. The zero-order chi connectivity index (χ0) is 22.9. The molecule has 1 saturated carbocycles. The van der Waals surface area contributed by atoms with Gasteiger partial charge in [-0.1, -0.05) is 31.5 Å². The van der Waals surface area contributed by atoms with Crippen LogP contribution in [0.4, 0.5) is 10.5 Å². The molecule has 0 aliphatic heterocycles.